The number of hydrogen-bond donors (Lipinski definition) is 0. The Bertz CT molecular complexity index is 328. The van der Waals surface area contributed by atoms with Crippen molar-refractivity contribution in [3.63, 3.8) is 0 Å². The summed E-state index contributed by atoms with van der Waals surface area (Å²) in [4.78, 5) is 0. The lowest BCUT2D eigenvalue weighted by Crippen LogP contribution is -1.89. The molecule has 1 rings (SSSR count). The molecule has 0 radical (unpaired) electrons. The summed E-state index contributed by atoms with van der Waals surface area (Å²) in [7, 11) is 0. The molecule has 0 heterocycles. The van der Waals surface area contributed by atoms with E-state index >= 15 is 0 Å². The van der Waals surface area contributed by atoms with E-state index in [2.05, 4.69) is 47.1 Å². The SMILES string of the molecule is CCCCc1ccc(CCCCCCCCCCBr)cc1. The molecule has 0 amide bonds. The molecule has 0 nitrogen and oxygen atoms in total. The van der Waals surface area contributed by atoms with E-state index in [-0.39, 0.29) is 0 Å². The number of alkyl halides is 1. The lowest BCUT2D eigenvalue weighted by atomic mass is 10.0. The minimum atomic E-state index is 1.17. The van der Waals surface area contributed by atoms with Gasteiger partial charge in [-0.25, -0.2) is 0 Å². The summed E-state index contributed by atoms with van der Waals surface area (Å²) in [5, 5.41) is 1.17. The first-order valence-corrected chi connectivity index (χ1v) is 10.1. The quantitative estimate of drug-likeness (QED) is 0.262. The molecule has 0 atom stereocenters. The van der Waals surface area contributed by atoms with Gasteiger partial charge in [-0.2, -0.15) is 0 Å². The Labute approximate surface area is 140 Å². The maximum atomic E-state index is 3.49. The third-order valence-corrected chi connectivity index (χ3v) is 4.75. The zero-order chi connectivity index (χ0) is 15.2. The molecule has 1 aromatic carbocycles. The summed E-state index contributed by atoms with van der Waals surface area (Å²) < 4.78 is 0. The van der Waals surface area contributed by atoms with Gasteiger partial charge in [-0.15, -0.1) is 0 Å². The second-order valence-corrected chi connectivity index (χ2v) is 6.98. The van der Waals surface area contributed by atoms with Crippen molar-refractivity contribution in [2.45, 2.75) is 84.0 Å². The maximum absolute atomic E-state index is 3.49. The van der Waals surface area contributed by atoms with Crippen molar-refractivity contribution >= 4 is 15.9 Å². The highest BCUT2D eigenvalue weighted by molar-refractivity contribution is 9.09. The highest BCUT2D eigenvalue weighted by Crippen LogP contribution is 2.13. The van der Waals surface area contributed by atoms with E-state index in [1.807, 2.05) is 0 Å². The van der Waals surface area contributed by atoms with Gasteiger partial charge >= 0.3 is 0 Å². The van der Waals surface area contributed by atoms with Crippen LogP contribution in [0, 0.1) is 0 Å². The Morgan fingerprint density at radius 2 is 1.05 bits per heavy atom. The zero-order valence-corrected chi connectivity index (χ0v) is 15.5. The Balaban J connectivity index is 1.99. The Morgan fingerprint density at radius 1 is 0.619 bits per heavy atom. The maximum Gasteiger partial charge on any atom is 0.00313 e. The van der Waals surface area contributed by atoms with Crippen molar-refractivity contribution < 1.29 is 0 Å². The first-order valence-electron chi connectivity index (χ1n) is 9.00. The van der Waals surface area contributed by atoms with E-state index in [1.165, 1.54) is 93.5 Å². The monoisotopic (exact) mass is 352 g/mol. The van der Waals surface area contributed by atoms with Crippen molar-refractivity contribution in [1.29, 1.82) is 0 Å². The largest absolute Gasteiger partial charge is 0.0928 e. The molecule has 0 aliphatic heterocycles. The van der Waals surface area contributed by atoms with Crippen molar-refractivity contribution in [3.8, 4) is 0 Å². The molecular weight excluding hydrogens is 320 g/mol. The van der Waals surface area contributed by atoms with Crippen molar-refractivity contribution in [2.75, 3.05) is 5.33 Å². The second-order valence-electron chi connectivity index (χ2n) is 6.19. The van der Waals surface area contributed by atoms with Crippen molar-refractivity contribution in [2.24, 2.45) is 0 Å². The fourth-order valence-electron chi connectivity index (χ4n) is 2.74. The van der Waals surface area contributed by atoms with Gasteiger partial charge in [0.25, 0.3) is 0 Å². The number of unbranched alkanes of at least 4 members (excludes halogenated alkanes) is 8. The van der Waals surface area contributed by atoms with Gasteiger partial charge in [0.2, 0.25) is 0 Å². The Morgan fingerprint density at radius 3 is 1.52 bits per heavy atom. The van der Waals surface area contributed by atoms with E-state index in [0.29, 0.717) is 0 Å². The molecule has 1 heteroatoms. The van der Waals surface area contributed by atoms with Gasteiger partial charge in [0, 0.05) is 5.33 Å². The standard InChI is InChI=1S/C20H33Br/c1-2-3-12-19-14-16-20(17-15-19)13-10-8-6-4-5-7-9-11-18-21/h14-17H,2-13,18H2,1H3. The zero-order valence-electron chi connectivity index (χ0n) is 13.9. The number of rotatable bonds is 13. The normalized spacial score (nSPS) is 11.0. The van der Waals surface area contributed by atoms with Crippen LogP contribution in [-0.4, -0.2) is 5.33 Å². The molecule has 0 saturated carbocycles. The molecular formula is C20H33Br. The lowest BCUT2D eigenvalue weighted by molar-refractivity contribution is 0.577. The molecule has 0 saturated heterocycles. The average Bonchev–Trinajstić information content (AvgIpc) is 2.52. The van der Waals surface area contributed by atoms with Crippen LogP contribution in [-0.2, 0) is 12.8 Å². The minimum Gasteiger partial charge on any atom is -0.0928 e. The van der Waals surface area contributed by atoms with Gasteiger partial charge < -0.3 is 0 Å². The molecule has 0 aliphatic carbocycles. The molecule has 0 N–H and O–H groups in total. The van der Waals surface area contributed by atoms with E-state index in [0.717, 1.165) is 0 Å². The summed E-state index contributed by atoms with van der Waals surface area (Å²) in [6.45, 7) is 2.26. The van der Waals surface area contributed by atoms with Crippen molar-refractivity contribution in [3.05, 3.63) is 35.4 Å². The predicted molar refractivity (Wildman–Crippen MR) is 99.5 cm³/mol. The molecule has 0 spiro atoms. The highest BCUT2D eigenvalue weighted by Gasteiger charge is 1.96. The molecule has 0 bridgehead atoms. The second kappa shape index (κ2) is 13.4. The smallest absolute Gasteiger partial charge is 0.00313 e. The van der Waals surface area contributed by atoms with Crippen LogP contribution in [0.4, 0.5) is 0 Å². The van der Waals surface area contributed by atoms with Crippen LogP contribution in [0.1, 0.15) is 82.3 Å². The lowest BCUT2D eigenvalue weighted by Gasteiger charge is -2.05. The van der Waals surface area contributed by atoms with Crippen LogP contribution in [0.5, 0.6) is 0 Å². The van der Waals surface area contributed by atoms with E-state index < -0.39 is 0 Å². The molecule has 0 unspecified atom stereocenters. The minimum absolute atomic E-state index is 1.17. The molecule has 0 fully saturated rings. The summed E-state index contributed by atoms with van der Waals surface area (Å²) in [6, 6.07) is 9.33. The first kappa shape index (κ1) is 18.7. The van der Waals surface area contributed by atoms with Crippen LogP contribution >= 0.6 is 15.9 Å². The summed E-state index contributed by atoms with van der Waals surface area (Å²) >= 11 is 3.49. The average molecular weight is 353 g/mol. The van der Waals surface area contributed by atoms with E-state index in [4.69, 9.17) is 0 Å². The first-order chi connectivity index (χ1) is 10.4. The number of halogens is 1. The summed E-state index contributed by atoms with van der Waals surface area (Å²) in [6.07, 6.45) is 16.3. The molecule has 0 aliphatic rings. The van der Waals surface area contributed by atoms with Gasteiger partial charge in [0.05, 0.1) is 0 Å². The third-order valence-electron chi connectivity index (χ3n) is 4.19. The third kappa shape index (κ3) is 10.1. The van der Waals surface area contributed by atoms with Gasteiger partial charge in [-0.3, -0.25) is 0 Å². The Kier molecular flexibility index (Phi) is 11.9. The predicted octanol–water partition coefficient (Wildman–Crippen LogP) is 7.09. The van der Waals surface area contributed by atoms with Gasteiger partial charge in [0.15, 0.2) is 0 Å². The molecule has 120 valence electrons. The number of hydrogen-bond acceptors (Lipinski definition) is 0. The molecule has 0 aromatic heterocycles. The molecule has 1 aromatic rings. The van der Waals surface area contributed by atoms with Crippen LogP contribution in [0.25, 0.3) is 0 Å². The van der Waals surface area contributed by atoms with E-state index in [1.54, 1.807) is 0 Å². The van der Waals surface area contributed by atoms with Crippen molar-refractivity contribution in [1.82, 2.24) is 0 Å². The Hall–Kier alpha value is -0.300. The highest BCUT2D eigenvalue weighted by atomic mass is 79.9. The summed E-state index contributed by atoms with van der Waals surface area (Å²) in [5.74, 6) is 0. The molecule has 21 heavy (non-hydrogen) atoms. The summed E-state index contributed by atoms with van der Waals surface area (Å²) in [5.41, 5.74) is 3.02. The number of benzene rings is 1. The van der Waals surface area contributed by atoms with Gasteiger partial charge in [-0.05, 0) is 43.2 Å². The van der Waals surface area contributed by atoms with Gasteiger partial charge in [0.1, 0.15) is 0 Å². The topological polar surface area (TPSA) is 0 Å². The van der Waals surface area contributed by atoms with Crippen LogP contribution in [0.15, 0.2) is 24.3 Å². The number of aryl methyl sites for hydroxylation is 2. The van der Waals surface area contributed by atoms with Gasteiger partial charge in [-0.1, -0.05) is 92.1 Å². The fourth-order valence-corrected chi connectivity index (χ4v) is 3.13. The van der Waals surface area contributed by atoms with Crippen LogP contribution < -0.4 is 0 Å². The fraction of sp³-hybridized carbons (Fsp3) is 0.700. The van der Waals surface area contributed by atoms with Crippen LogP contribution in [0.3, 0.4) is 0 Å². The van der Waals surface area contributed by atoms with E-state index in [9.17, 15) is 0 Å². The van der Waals surface area contributed by atoms with Crippen LogP contribution in [0.2, 0.25) is 0 Å².